The monoisotopic (exact) mass is 480 g/mol. The molecule has 0 fully saturated rings. The number of rotatable bonds is 6. The van der Waals surface area contributed by atoms with E-state index in [0.717, 1.165) is 30.0 Å². The number of aromatic nitrogens is 1. The van der Waals surface area contributed by atoms with Crippen LogP contribution in [0.1, 0.15) is 18.2 Å². The zero-order valence-electron chi connectivity index (χ0n) is 19.2. The fourth-order valence-electron chi connectivity index (χ4n) is 4.20. The van der Waals surface area contributed by atoms with Gasteiger partial charge >= 0.3 is 0 Å². The van der Waals surface area contributed by atoms with Gasteiger partial charge in [-0.15, -0.1) is 11.3 Å². The fraction of sp³-hybridized carbons (Fsp3) is 0.107. The molecule has 0 bridgehead atoms. The average molecular weight is 481 g/mol. The van der Waals surface area contributed by atoms with Crippen molar-refractivity contribution in [1.29, 1.82) is 0 Å². The summed E-state index contributed by atoms with van der Waals surface area (Å²) < 4.78 is 0. The van der Waals surface area contributed by atoms with Crippen LogP contribution < -0.4 is 15.1 Å². The van der Waals surface area contributed by atoms with Crippen molar-refractivity contribution in [3.05, 3.63) is 102 Å². The number of hydrogen-bond acceptors (Lipinski definition) is 5. The van der Waals surface area contributed by atoms with Crippen LogP contribution in [0, 0.1) is 0 Å². The van der Waals surface area contributed by atoms with E-state index in [9.17, 15) is 9.59 Å². The van der Waals surface area contributed by atoms with Gasteiger partial charge in [-0.2, -0.15) is 0 Å². The minimum atomic E-state index is -0.244. The van der Waals surface area contributed by atoms with Gasteiger partial charge in [-0.25, -0.2) is 4.98 Å². The van der Waals surface area contributed by atoms with Crippen LogP contribution in [0.3, 0.4) is 0 Å². The Morgan fingerprint density at radius 1 is 0.971 bits per heavy atom. The molecule has 1 N–H and O–H groups in total. The molecule has 35 heavy (non-hydrogen) atoms. The second kappa shape index (κ2) is 9.95. The molecule has 0 aliphatic carbocycles. The number of carbonyl (C=O) groups is 2. The first-order valence-electron chi connectivity index (χ1n) is 11.3. The normalized spacial score (nSPS) is 12.5. The molecule has 0 unspecified atom stereocenters. The molecule has 2 heterocycles. The Hall–Kier alpha value is -4.23. The molecule has 4 aromatic rings. The second-order valence-corrected chi connectivity index (χ2v) is 8.95. The number of amides is 2. The molecule has 174 valence electrons. The van der Waals surface area contributed by atoms with Gasteiger partial charge in [0.05, 0.1) is 22.8 Å². The number of fused-ring (bicyclic) bond motifs is 1. The van der Waals surface area contributed by atoms with E-state index >= 15 is 0 Å². The van der Waals surface area contributed by atoms with Crippen LogP contribution in [0.2, 0.25) is 0 Å². The first kappa shape index (κ1) is 22.6. The second-order valence-electron chi connectivity index (χ2n) is 8.12. The van der Waals surface area contributed by atoms with E-state index in [2.05, 4.69) is 33.4 Å². The van der Waals surface area contributed by atoms with Gasteiger partial charge in [-0.1, -0.05) is 48.5 Å². The van der Waals surface area contributed by atoms with Crippen LogP contribution in [-0.2, 0) is 16.0 Å². The van der Waals surface area contributed by atoms with Gasteiger partial charge in [0.2, 0.25) is 11.8 Å². The van der Waals surface area contributed by atoms with Gasteiger partial charge in [-0.3, -0.25) is 14.5 Å². The highest BCUT2D eigenvalue weighted by Crippen LogP contribution is 2.38. The molecule has 2 amide bonds. The smallest absolute Gasteiger partial charge is 0.248 e. The molecule has 0 spiro atoms. The lowest BCUT2D eigenvalue weighted by atomic mass is 10.1. The van der Waals surface area contributed by atoms with Crippen molar-refractivity contribution in [2.75, 3.05) is 21.7 Å². The molecule has 0 radical (unpaired) electrons. The Bertz CT molecular complexity index is 1400. The van der Waals surface area contributed by atoms with E-state index in [0.29, 0.717) is 10.8 Å². The first-order chi connectivity index (χ1) is 17.1. The van der Waals surface area contributed by atoms with Gasteiger partial charge in [0.15, 0.2) is 5.13 Å². The quantitative estimate of drug-likeness (QED) is 0.335. The largest absolute Gasteiger partial charge is 0.339 e. The van der Waals surface area contributed by atoms with Crippen LogP contribution in [0.25, 0.3) is 6.08 Å². The van der Waals surface area contributed by atoms with Crippen molar-refractivity contribution in [2.45, 2.75) is 13.3 Å². The molecular formula is C28H24N4O2S. The van der Waals surface area contributed by atoms with Crippen molar-refractivity contribution < 1.29 is 9.59 Å². The summed E-state index contributed by atoms with van der Waals surface area (Å²) in [7, 11) is 0. The van der Waals surface area contributed by atoms with Gasteiger partial charge in [-0.05, 0) is 48.4 Å². The van der Waals surface area contributed by atoms with E-state index < -0.39 is 0 Å². The third-order valence-corrected chi connectivity index (χ3v) is 6.62. The molecule has 7 heteroatoms. The summed E-state index contributed by atoms with van der Waals surface area (Å²) in [6, 6.07) is 25.6. The number of carbonyl (C=O) groups excluding carboxylic acids is 2. The van der Waals surface area contributed by atoms with Crippen LogP contribution >= 0.6 is 11.3 Å². The third kappa shape index (κ3) is 4.85. The number of hydrogen-bond donors (Lipinski definition) is 1. The van der Waals surface area contributed by atoms with Crippen molar-refractivity contribution >= 4 is 57.1 Å². The maximum Gasteiger partial charge on any atom is 0.248 e. The predicted molar refractivity (Wildman–Crippen MR) is 143 cm³/mol. The molecular weight excluding hydrogens is 456 g/mol. The molecule has 6 nitrogen and oxygen atoms in total. The maximum atomic E-state index is 12.8. The topological polar surface area (TPSA) is 65.5 Å². The number of anilines is 5. The molecule has 0 atom stereocenters. The van der Waals surface area contributed by atoms with E-state index in [1.807, 2.05) is 66.0 Å². The lowest BCUT2D eigenvalue weighted by Gasteiger charge is -2.22. The maximum absolute atomic E-state index is 12.8. The van der Waals surface area contributed by atoms with E-state index in [-0.39, 0.29) is 11.8 Å². The van der Waals surface area contributed by atoms with Crippen molar-refractivity contribution in [2.24, 2.45) is 0 Å². The van der Waals surface area contributed by atoms with Gasteiger partial charge in [0.25, 0.3) is 0 Å². The first-order valence-corrected chi connectivity index (χ1v) is 12.2. The third-order valence-electron chi connectivity index (χ3n) is 5.78. The lowest BCUT2D eigenvalue weighted by molar-refractivity contribution is -0.116. The number of nitrogens with one attached hydrogen (secondary N) is 1. The highest BCUT2D eigenvalue weighted by molar-refractivity contribution is 7.14. The van der Waals surface area contributed by atoms with E-state index in [1.54, 1.807) is 11.0 Å². The summed E-state index contributed by atoms with van der Waals surface area (Å²) in [6.45, 7) is 2.38. The fourth-order valence-corrected chi connectivity index (χ4v) is 5.05. The van der Waals surface area contributed by atoms with Crippen LogP contribution in [0.4, 0.5) is 27.9 Å². The minimum Gasteiger partial charge on any atom is -0.339 e. The highest BCUT2D eigenvalue weighted by atomic mass is 32.1. The zero-order valence-corrected chi connectivity index (χ0v) is 20.0. The van der Waals surface area contributed by atoms with Crippen LogP contribution in [0.15, 0.2) is 90.3 Å². The minimum absolute atomic E-state index is 0.126. The van der Waals surface area contributed by atoms with Crippen LogP contribution in [-0.4, -0.2) is 23.3 Å². The number of nitrogens with zero attached hydrogens (tertiary/aromatic N) is 3. The molecule has 5 rings (SSSR count). The van der Waals surface area contributed by atoms with Crippen molar-refractivity contribution in [3.63, 3.8) is 0 Å². The predicted octanol–water partition coefficient (Wildman–Crippen LogP) is 6.17. The Morgan fingerprint density at radius 2 is 1.69 bits per heavy atom. The summed E-state index contributed by atoms with van der Waals surface area (Å²) in [5, 5.41) is 5.39. The Kier molecular flexibility index (Phi) is 6.41. The summed E-state index contributed by atoms with van der Waals surface area (Å²) in [5.74, 6) is -0.370. The molecule has 1 aromatic heterocycles. The molecule has 1 aliphatic rings. The van der Waals surface area contributed by atoms with E-state index in [4.69, 9.17) is 0 Å². The molecule has 0 saturated heterocycles. The number of benzene rings is 3. The van der Waals surface area contributed by atoms with Gasteiger partial charge < -0.3 is 10.2 Å². The van der Waals surface area contributed by atoms with E-state index in [1.165, 1.54) is 35.6 Å². The lowest BCUT2D eigenvalue weighted by Crippen LogP contribution is -2.22. The standard InChI is InChI=1S/C28H24N4O2S/c1-20(33)32(23-10-3-2-4-11-23)28-29-22(19-35-28)15-16-27(34)30-24-12-6-8-14-26(24)31-18-17-21-9-5-7-13-25(21)31/h2-16,19H,17-18H2,1H3,(H,30,34)/b16-15+. The summed E-state index contributed by atoms with van der Waals surface area (Å²) >= 11 is 1.35. The summed E-state index contributed by atoms with van der Waals surface area (Å²) in [6.07, 6.45) is 4.10. The molecule has 0 saturated carbocycles. The number of thiazole rings is 1. The summed E-state index contributed by atoms with van der Waals surface area (Å²) in [4.78, 5) is 33.4. The average Bonchev–Trinajstić information content (AvgIpc) is 3.51. The van der Waals surface area contributed by atoms with Crippen molar-refractivity contribution in [1.82, 2.24) is 4.98 Å². The molecule has 1 aliphatic heterocycles. The zero-order chi connectivity index (χ0) is 24.2. The highest BCUT2D eigenvalue weighted by Gasteiger charge is 2.22. The summed E-state index contributed by atoms with van der Waals surface area (Å²) in [5.41, 5.74) is 5.57. The molecule has 3 aromatic carbocycles. The SMILES string of the molecule is CC(=O)N(c1ccccc1)c1nc(/C=C/C(=O)Nc2ccccc2N2CCc3ccccc32)cs1. The number of para-hydroxylation sites is 4. The van der Waals surface area contributed by atoms with Gasteiger partial charge in [0.1, 0.15) is 0 Å². The Balaban J connectivity index is 1.31. The van der Waals surface area contributed by atoms with Crippen molar-refractivity contribution in [3.8, 4) is 0 Å². The Morgan fingerprint density at radius 3 is 2.49 bits per heavy atom. The Labute approximate surface area is 208 Å². The van der Waals surface area contributed by atoms with Crippen LogP contribution in [0.5, 0.6) is 0 Å². The van der Waals surface area contributed by atoms with Gasteiger partial charge in [0, 0.05) is 30.6 Å².